The molecule has 1 aliphatic carbocycles. The molecule has 0 saturated carbocycles. The van der Waals surface area contributed by atoms with Gasteiger partial charge in [-0.3, -0.25) is 9.59 Å². The van der Waals surface area contributed by atoms with Gasteiger partial charge in [-0.1, -0.05) is 53.6 Å². The van der Waals surface area contributed by atoms with Crippen LogP contribution in [0.3, 0.4) is 0 Å². The van der Waals surface area contributed by atoms with Crippen LogP contribution in [0, 0.1) is 0 Å². The molecule has 1 atom stereocenters. The van der Waals surface area contributed by atoms with E-state index in [9.17, 15) is 27.9 Å². The van der Waals surface area contributed by atoms with Crippen molar-refractivity contribution in [2.45, 2.75) is 36.7 Å². The molecule has 2 aliphatic rings. The van der Waals surface area contributed by atoms with Crippen LogP contribution in [-0.2, 0) is 40.4 Å². The Balaban J connectivity index is 1.34. The highest BCUT2D eigenvalue weighted by molar-refractivity contribution is 7.90. The number of nitrogens with one attached hydrogen (secondary N) is 1. The maximum Gasteiger partial charge on any atom is 0.326 e. The van der Waals surface area contributed by atoms with Crippen molar-refractivity contribution in [2.75, 3.05) is 12.8 Å². The molecule has 1 aliphatic heterocycles. The quantitative estimate of drug-likeness (QED) is 0.402. The molecule has 0 aromatic heterocycles. The van der Waals surface area contributed by atoms with Gasteiger partial charge >= 0.3 is 5.97 Å². The van der Waals surface area contributed by atoms with Gasteiger partial charge in [-0.2, -0.15) is 0 Å². The second-order valence-electron chi connectivity index (χ2n) is 10.2. The third kappa shape index (κ3) is 6.02. The highest BCUT2D eigenvalue weighted by atomic mass is 35.5. The van der Waals surface area contributed by atoms with Crippen molar-refractivity contribution in [1.29, 1.82) is 0 Å². The van der Waals surface area contributed by atoms with E-state index in [1.54, 1.807) is 17.0 Å². The van der Waals surface area contributed by atoms with Crippen LogP contribution < -0.4 is 5.32 Å². The number of benzene rings is 3. The van der Waals surface area contributed by atoms with Crippen LogP contribution >= 0.6 is 23.2 Å². The van der Waals surface area contributed by atoms with E-state index in [0.29, 0.717) is 35.2 Å². The number of rotatable bonds is 7. The monoisotopic (exact) mass is 612 g/mol. The van der Waals surface area contributed by atoms with Crippen LogP contribution in [0.25, 0.3) is 6.08 Å². The van der Waals surface area contributed by atoms with Gasteiger partial charge < -0.3 is 15.3 Å². The molecule has 0 radical (unpaired) electrons. The molecular formula is C30H26Cl2N2O6S. The standard InChI is InChI=1S/C30H26Cl2N2O6S/c1-41(39,40)22-7-2-4-17(12-22)13-25(30(37)38)33-28(35)26-24(31)15-21-16-34(11-10-23(21)27(26)32)29(36)20-9-8-18-5-3-6-19(18)14-20/h2-5,7-9,12,14-15,25H,6,10-11,13,16H2,1H3,(H,33,35)(H,37,38)/t25-/m0/s1. The van der Waals surface area contributed by atoms with E-state index < -0.39 is 27.8 Å². The van der Waals surface area contributed by atoms with Crippen molar-refractivity contribution in [3.63, 3.8) is 0 Å². The highest BCUT2D eigenvalue weighted by Gasteiger charge is 2.30. The lowest BCUT2D eigenvalue weighted by atomic mass is 9.95. The zero-order valence-corrected chi connectivity index (χ0v) is 24.3. The smallest absolute Gasteiger partial charge is 0.326 e. The van der Waals surface area contributed by atoms with E-state index >= 15 is 0 Å². The van der Waals surface area contributed by atoms with Crippen molar-refractivity contribution >= 4 is 56.9 Å². The summed E-state index contributed by atoms with van der Waals surface area (Å²) in [6.07, 6.45) is 6.19. The Morgan fingerprint density at radius 2 is 1.85 bits per heavy atom. The zero-order chi connectivity index (χ0) is 29.5. The lowest BCUT2D eigenvalue weighted by Gasteiger charge is -2.30. The van der Waals surface area contributed by atoms with E-state index in [2.05, 4.69) is 11.4 Å². The van der Waals surface area contributed by atoms with Crippen molar-refractivity contribution in [3.05, 3.63) is 104 Å². The Morgan fingerprint density at radius 3 is 2.59 bits per heavy atom. The number of nitrogens with zero attached hydrogens (tertiary/aromatic N) is 1. The summed E-state index contributed by atoms with van der Waals surface area (Å²) in [5.41, 5.74) is 4.59. The summed E-state index contributed by atoms with van der Waals surface area (Å²) in [5, 5.41) is 12.4. The molecule has 5 rings (SSSR count). The Bertz CT molecular complexity index is 1730. The molecule has 1 heterocycles. The fourth-order valence-corrected chi connectivity index (χ4v) is 6.63. The molecule has 0 fully saturated rings. The van der Waals surface area contributed by atoms with Crippen molar-refractivity contribution < 1.29 is 27.9 Å². The second kappa shape index (κ2) is 11.3. The Kier molecular flexibility index (Phi) is 7.96. The predicted octanol–water partition coefficient (Wildman–Crippen LogP) is 4.59. The summed E-state index contributed by atoms with van der Waals surface area (Å²) >= 11 is 13.2. The van der Waals surface area contributed by atoms with E-state index in [4.69, 9.17) is 23.2 Å². The van der Waals surface area contributed by atoms with Gasteiger partial charge in [-0.05, 0) is 71.0 Å². The Hall–Kier alpha value is -3.66. The lowest BCUT2D eigenvalue weighted by Crippen LogP contribution is -2.42. The number of carbonyl (C=O) groups is 3. The Labute approximate surface area is 247 Å². The second-order valence-corrected chi connectivity index (χ2v) is 13.0. The third-order valence-corrected chi connectivity index (χ3v) is 9.14. The fourth-order valence-electron chi connectivity index (χ4n) is 5.18. The first kappa shape index (κ1) is 28.9. The van der Waals surface area contributed by atoms with Gasteiger partial charge in [-0.15, -0.1) is 0 Å². The molecule has 41 heavy (non-hydrogen) atoms. The van der Waals surface area contributed by atoms with Crippen LogP contribution in [0.15, 0.2) is 59.5 Å². The lowest BCUT2D eigenvalue weighted by molar-refractivity contribution is -0.139. The Morgan fingerprint density at radius 1 is 1.07 bits per heavy atom. The zero-order valence-electron chi connectivity index (χ0n) is 22.0. The number of aliphatic carboxylic acids is 1. The molecule has 0 bridgehead atoms. The van der Waals surface area contributed by atoms with E-state index in [0.717, 1.165) is 23.8 Å². The molecular weight excluding hydrogens is 587 g/mol. The van der Waals surface area contributed by atoms with Gasteiger partial charge in [-0.25, -0.2) is 13.2 Å². The summed E-state index contributed by atoms with van der Waals surface area (Å²) in [5.74, 6) is -2.17. The number of halogens is 2. The van der Waals surface area contributed by atoms with Crippen LogP contribution in [-0.4, -0.2) is 55.1 Å². The first-order chi connectivity index (χ1) is 19.4. The fraction of sp³-hybridized carbons (Fsp3) is 0.233. The van der Waals surface area contributed by atoms with E-state index in [-0.39, 0.29) is 39.4 Å². The minimum Gasteiger partial charge on any atom is -0.480 e. The first-order valence-corrected chi connectivity index (χ1v) is 15.5. The molecule has 212 valence electrons. The molecule has 2 amide bonds. The van der Waals surface area contributed by atoms with Crippen LogP contribution in [0.1, 0.15) is 48.5 Å². The first-order valence-electron chi connectivity index (χ1n) is 12.8. The number of hydrogen-bond donors (Lipinski definition) is 2. The molecule has 0 saturated heterocycles. The van der Waals surface area contributed by atoms with E-state index in [1.165, 1.54) is 18.2 Å². The van der Waals surface area contributed by atoms with Gasteiger partial charge in [0.1, 0.15) is 6.04 Å². The number of carboxylic acids is 1. The minimum atomic E-state index is -3.49. The summed E-state index contributed by atoms with van der Waals surface area (Å²) in [6, 6.07) is 11.8. The number of carbonyl (C=O) groups excluding carboxylic acids is 2. The molecule has 8 nitrogen and oxygen atoms in total. The largest absolute Gasteiger partial charge is 0.480 e. The third-order valence-electron chi connectivity index (χ3n) is 7.31. The number of amides is 2. The average Bonchev–Trinajstić information content (AvgIpc) is 3.39. The SMILES string of the molecule is CS(=O)(=O)c1cccc(C[C@H](NC(=O)c2c(Cl)cc3c(c2Cl)CCN(C(=O)c2ccc4c(c2)CC=C4)C3)C(=O)O)c1. The van der Waals surface area contributed by atoms with Crippen LogP contribution in [0.2, 0.25) is 10.0 Å². The van der Waals surface area contributed by atoms with Crippen molar-refractivity contribution in [2.24, 2.45) is 0 Å². The maximum absolute atomic E-state index is 13.3. The molecule has 11 heteroatoms. The van der Waals surface area contributed by atoms with Crippen LogP contribution in [0.4, 0.5) is 0 Å². The predicted molar refractivity (Wildman–Crippen MR) is 156 cm³/mol. The van der Waals surface area contributed by atoms with Gasteiger partial charge in [0.25, 0.3) is 11.8 Å². The summed E-state index contributed by atoms with van der Waals surface area (Å²) in [4.78, 5) is 40.3. The minimum absolute atomic E-state index is 0.0346. The van der Waals surface area contributed by atoms with Gasteiger partial charge in [0.2, 0.25) is 0 Å². The summed E-state index contributed by atoms with van der Waals surface area (Å²) in [6.45, 7) is 0.650. The summed E-state index contributed by atoms with van der Waals surface area (Å²) < 4.78 is 23.8. The summed E-state index contributed by atoms with van der Waals surface area (Å²) in [7, 11) is -3.49. The normalized spacial score (nSPS) is 14.8. The topological polar surface area (TPSA) is 121 Å². The molecule has 0 spiro atoms. The molecule has 3 aromatic rings. The van der Waals surface area contributed by atoms with Crippen LogP contribution in [0.5, 0.6) is 0 Å². The number of carboxylic acid groups (broad SMARTS) is 1. The van der Waals surface area contributed by atoms with Gasteiger partial charge in [0.15, 0.2) is 9.84 Å². The molecule has 2 N–H and O–H groups in total. The highest BCUT2D eigenvalue weighted by Crippen LogP contribution is 2.35. The van der Waals surface area contributed by atoms with E-state index in [1.807, 2.05) is 24.3 Å². The van der Waals surface area contributed by atoms with Gasteiger partial charge in [0, 0.05) is 31.3 Å². The number of sulfone groups is 1. The molecule has 3 aromatic carbocycles. The van der Waals surface area contributed by atoms with Crippen molar-refractivity contribution in [3.8, 4) is 0 Å². The number of fused-ring (bicyclic) bond motifs is 2. The molecule has 0 unspecified atom stereocenters. The number of hydrogen-bond acceptors (Lipinski definition) is 5. The number of allylic oxidation sites excluding steroid dienone is 1. The van der Waals surface area contributed by atoms with Gasteiger partial charge in [0.05, 0.1) is 20.5 Å². The van der Waals surface area contributed by atoms with Crippen molar-refractivity contribution in [1.82, 2.24) is 10.2 Å². The average molecular weight is 614 g/mol. The maximum atomic E-state index is 13.3.